The number of hydrogen-bond donors (Lipinski definition) is 1. The molecule has 4 atom stereocenters. The Kier molecular flexibility index (Phi) is 6.30. The van der Waals surface area contributed by atoms with Gasteiger partial charge in [0.25, 0.3) is 0 Å². The molecule has 0 aromatic carbocycles. The van der Waals surface area contributed by atoms with Gasteiger partial charge in [0.05, 0.1) is 24.7 Å². The summed E-state index contributed by atoms with van der Waals surface area (Å²) in [5.74, 6) is -0.857. The largest absolute Gasteiger partial charge is 0.469 e. The molecule has 1 heterocycles. The molecule has 0 spiro atoms. The molecule has 25 heavy (non-hydrogen) atoms. The molecule has 0 aromatic rings. The number of carbonyl (C=O) groups is 2. The average Bonchev–Trinajstić information content (AvgIpc) is 3.07. The zero-order valence-electron chi connectivity index (χ0n) is 15.8. The summed E-state index contributed by atoms with van der Waals surface area (Å²) in [6.07, 6.45) is 3.67. The van der Waals surface area contributed by atoms with Crippen LogP contribution in [0.2, 0.25) is 0 Å². The van der Waals surface area contributed by atoms with E-state index in [2.05, 4.69) is 17.4 Å². The van der Waals surface area contributed by atoms with E-state index in [4.69, 9.17) is 14.3 Å². The van der Waals surface area contributed by atoms with Gasteiger partial charge in [-0.1, -0.05) is 24.9 Å². The summed E-state index contributed by atoms with van der Waals surface area (Å²) in [4.78, 5) is 29.8. The van der Waals surface area contributed by atoms with E-state index in [1.165, 1.54) is 7.11 Å². The number of rotatable bonds is 6. The van der Waals surface area contributed by atoms with Crippen LogP contribution in [0.15, 0.2) is 5.16 Å². The average molecular weight is 354 g/mol. The summed E-state index contributed by atoms with van der Waals surface area (Å²) in [6.45, 7) is 7.60. The molecule has 0 bridgehead atoms. The molecular weight excluding hydrogens is 324 g/mol. The first-order chi connectivity index (χ1) is 11.8. The zero-order chi connectivity index (χ0) is 18.6. The van der Waals surface area contributed by atoms with Gasteiger partial charge in [0.2, 0.25) is 0 Å². The number of fused-ring (bicyclic) bond motifs is 1. The van der Waals surface area contributed by atoms with Gasteiger partial charge in [-0.15, -0.1) is 0 Å². The number of esters is 1. The number of amides is 1. The fourth-order valence-corrected chi connectivity index (χ4v) is 3.54. The minimum absolute atomic E-state index is 0.103. The first-order valence-electron chi connectivity index (χ1n) is 9.06. The van der Waals surface area contributed by atoms with Crippen molar-refractivity contribution < 1.29 is 23.9 Å². The summed E-state index contributed by atoms with van der Waals surface area (Å²) < 4.78 is 10.3. The minimum atomic E-state index is -0.575. The van der Waals surface area contributed by atoms with Crippen LogP contribution in [0.25, 0.3) is 0 Å². The van der Waals surface area contributed by atoms with Gasteiger partial charge in [-0.25, -0.2) is 4.79 Å². The SMILES string of the molecule is CCCCCC1=NO[C@H]2[C@@H]1[C@H](NC(=O)OC(C)(C)C)C[C@@H]2C(=O)OC. The normalized spacial score (nSPS) is 28.0. The lowest BCUT2D eigenvalue weighted by Gasteiger charge is -2.24. The van der Waals surface area contributed by atoms with E-state index in [-0.39, 0.29) is 24.0 Å². The Labute approximate surface area is 149 Å². The topological polar surface area (TPSA) is 86.2 Å². The molecule has 0 unspecified atom stereocenters. The number of oxime groups is 1. The van der Waals surface area contributed by atoms with Crippen molar-refractivity contribution in [3.63, 3.8) is 0 Å². The van der Waals surface area contributed by atoms with Crippen LogP contribution in [0, 0.1) is 11.8 Å². The highest BCUT2D eigenvalue weighted by molar-refractivity contribution is 5.91. The maximum Gasteiger partial charge on any atom is 0.407 e. The lowest BCUT2D eigenvalue weighted by Crippen LogP contribution is -2.43. The highest BCUT2D eigenvalue weighted by Gasteiger charge is 2.54. The fraction of sp³-hybridized carbons (Fsp3) is 0.833. The van der Waals surface area contributed by atoms with Gasteiger partial charge in [0.15, 0.2) is 6.10 Å². The molecule has 1 aliphatic heterocycles. The zero-order valence-corrected chi connectivity index (χ0v) is 15.8. The van der Waals surface area contributed by atoms with Crippen molar-refractivity contribution >= 4 is 17.8 Å². The molecule has 1 aliphatic carbocycles. The predicted octanol–water partition coefficient (Wildman–Crippen LogP) is 3.02. The van der Waals surface area contributed by atoms with Crippen LogP contribution in [-0.2, 0) is 19.1 Å². The molecule has 1 amide bonds. The second kappa shape index (κ2) is 8.06. The first kappa shape index (κ1) is 19.5. The molecule has 1 N–H and O–H groups in total. The monoisotopic (exact) mass is 354 g/mol. The van der Waals surface area contributed by atoms with E-state index >= 15 is 0 Å². The lowest BCUT2D eigenvalue weighted by atomic mass is 9.91. The van der Waals surface area contributed by atoms with Gasteiger partial charge in [0, 0.05) is 6.04 Å². The lowest BCUT2D eigenvalue weighted by molar-refractivity contribution is -0.149. The van der Waals surface area contributed by atoms with E-state index in [9.17, 15) is 9.59 Å². The van der Waals surface area contributed by atoms with Crippen molar-refractivity contribution in [3.8, 4) is 0 Å². The van der Waals surface area contributed by atoms with Gasteiger partial charge in [-0.2, -0.15) is 0 Å². The molecular formula is C18H30N2O5. The van der Waals surface area contributed by atoms with Crippen LogP contribution in [0.4, 0.5) is 4.79 Å². The molecule has 0 saturated heterocycles. The molecule has 0 radical (unpaired) electrons. The first-order valence-corrected chi connectivity index (χ1v) is 9.06. The molecule has 7 heteroatoms. The van der Waals surface area contributed by atoms with Gasteiger partial charge in [-0.3, -0.25) is 4.79 Å². The van der Waals surface area contributed by atoms with Gasteiger partial charge >= 0.3 is 12.1 Å². The highest BCUT2D eigenvalue weighted by atomic mass is 16.6. The Morgan fingerprint density at radius 3 is 2.64 bits per heavy atom. The van der Waals surface area contributed by atoms with Gasteiger partial charge < -0.3 is 19.6 Å². The van der Waals surface area contributed by atoms with E-state index in [0.717, 1.165) is 31.4 Å². The Morgan fingerprint density at radius 1 is 1.32 bits per heavy atom. The van der Waals surface area contributed by atoms with Crippen LogP contribution in [0.5, 0.6) is 0 Å². The third-order valence-electron chi connectivity index (χ3n) is 4.61. The fourth-order valence-electron chi connectivity index (χ4n) is 3.54. The third-order valence-corrected chi connectivity index (χ3v) is 4.61. The summed E-state index contributed by atoms with van der Waals surface area (Å²) in [6, 6.07) is -0.244. The van der Waals surface area contributed by atoms with Crippen molar-refractivity contribution in [2.75, 3.05) is 7.11 Å². The van der Waals surface area contributed by atoms with Crippen molar-refractivity contribution in [3.05, 3.63) is 0 Å². The van der Waals surface area contributed by atoms with Crippen molar-refractivity contribution in [2.45, 2.75) is 77.5 Å². The van der Waals surface area contributed by atoms with Gasteiger partial charge in [-0.05, 0) is 40.0 Å². The molecule has 2 aliphatic rings. The molecule has 7 nitrogen and oxygen atoms in total. The second-order valence-electron chi connectivity index (χ2n) is 7.75. The smallest absolute Gasteiger partial charge is 0.407 e. The molecule has 0 aromatic heterocycles. The van der Waals surface area contributed by atoms with E-state index in [1.54, 1.807) is 0 Å². The molecule has 1 saturated carbocycles. The number of ether oxygens (including phenoxy) is 2. The second-order valence-corrected chi connectivity index (χ2v) is 7.75. The Hall–Kier alpha value is -1.79. The Bertz CT molecular complexity index is 526. The molecule has 142 valence electrons. The molecule has 1 fully saturated rings. The van der Waals surface area contributed by atoms with Crippen LogP contribution >= 0.6 is 0 Å². The van der Waals surface area contributed by atoms with E-state index in [0.29, 0.717) is 6.42 Å². The van der Waals surface area contributed by atoms with Crippen molar-refractivity contribution in [1.29, 1.82) is 0 Å². The summed E-state index contributed by atoms with van der Waals surface area (Å²) >= 11 is 0. The highest BCUT2D eigenvalue weighted by Crippen LogP contribution is 2.40. The van der Waals surface area contributed by atoms with Crippen LogP contribution < -0.4 is 5.32 Å². The predicted molar refractivity (Wildman–Crippen MR) is 93.2 cm³/mol. The Morgan fingerprint density at radius 2 is 2.04 bits per heavy atom. The summed E-state index contributed by atoms with van der Waals surface area (Å²) in [5, 5.41) is 7.11. The van der Waals surface area contributed by atoms with E-state index in [1.807, 2.05) is 20.8 Å². The van der Waals surface area contributed by atoms with Crippen LogP contribution in [0.1, 0.15) is 59.8 Å². The summed E-state index contributed by atoms with van der Waals surface area (Å²) in [5.41, 5.74) is 0.347. The number of alkyl carbamates (subject to hydrolysis) is 1. The quantitative estimate of drug-likeness (QED) is 0.585. The number of hydrogen-bond acceptors (Lipinski definition) is 6. The number of nitrogens with zero attached hydrogens (tertiary/aromatic N) is 1. The van der Waals surface area contributed by atoms with Gasteiger partial charge in [0.1, 0.15) is 5.60 Å². The van der Waals surface area contributed by atoms with Crippen molar-refractivity contribution in [1.82, 2.24) is 5.32 Å². The maximum absolute atomic E-state index is 12.2. The number of methoxy groups -OCH3 is 1. The van der Waals surface area contributed by atoms with Crippen molar-refractivity contribution in [2.24, 2.45) is 17.0 Å². The summed E-state index contributed by atoms with van der Waals surface area (Å²) in [7, 11) is 1.37. The standard InChI is InChI=1S/C18H30N2O5/c1-6-7-8-9-12-14-13(19-17(22)24-18(2,3)4)10-11(16(21)23-5)15(14)25-20-12/h11,13-15H,6-10H2,1-5H3,(H,19,22)/t11-,13+,14-,15+/m0/s1. The number of carbonyl (C=O) groups excluding carboxylic acids is 2. The maximum atomic E-state index is 12.2. The van der Waals surface area contributed by atoms with E-state index < -0.39 is 17.6 Å². The van der Waals surface area contributed by atoms with Crippen LogP contribution in [0.3, 0.4) is 0 Å². The third kappa shape index (κ3) is 4.86. The number of nitrogens with one attached hydrogen (secondary N) is 1. The van der Waals surface area contributed by atoms with Crippen LogP contribution in [-0.4, -0.2) is 42.6 Å². The number of unbranched alkanes of at least 4 members (excludes halogenated alkanes) is 2. The Balaban J connectivity index is 2.09. The molecule has 2 rings (SSSR count). The minimum Gasteiger partial charge on any atom is -0.469 e.